The van der Waals surface area contributed by atoms with E-state index < -0.39 is 11.6 Å². The summed E-state index contributed by atoms with van der Waals surface area (Å²) < 4.78 is 25.9. The number of hydrogen-bond acceptors (Lipinski definition) is 1. The predicted molar refractivity (Wildman–Crippen MR) is 43.4 cm³/mol. The van der Waals surface area contributed by atoms with E-state index in [1.165, 1.54) is 6.07 Å². The van der Waals surface area contributed by atoms with Crippen molar-refractivity contribution in [3.63, 3.8) is 0 Å². The molecule has 1 nitrogen and oxygen atoms in total. The number of Topliss-reactive ketones (excluding diaryl/α,β-unsaturated/α-hetero) is 1. The molecule has 13 heavy (non-hydrogen) atoms. The highest BCUT2D eigenvalue weighted by Crippen LogP contribution is 2.23. The molecule has 0 amide bonds. The lowest BCUT2D eigenvalue weighted by atomic mass is 9.90. The number of hydrogen-bond donors (Lipinski definition) is 0. The lowest BCUT2D eigenvalue weighted by Crippen LogP contribution is -2.15. The average molecular weight is 182 g/mol. The SMILES string of the molecule is O=C1CCc2c(ccc(F)c2F)C1. The van der Waals surface area contributed by atoms with Crippen LogP contribution in [0.15, 0.2) is 12.1 Å². The largest absolute Gasteiger partial charge is 0.299 e. The quantitative estimate of drug-likeness (QED) is 0.600. The fourth-order valence-corrected chi connectivity index (χ4v) is 1.63. The Hall–Kier alpha value is -1.25. The molecule has 0 aromatic heterocycles. The molecule has 0 radical (unpaired) electrons. The van der Waals surface area contributed by atoms with Crippen molar-refractivity contribution in [3.8, 4) is 0 Å². The number of fused-ring (bicyclic) bond motifs is 1. The second-order valence-electron chi connectivity index (χ2n) is 3.21. The molecular weight excluding hydrogens is 174 g/mol. The van der Waals surface area contributed by atoms with Crippen molar-refractivity contribution in [1.82, 2.24) is 0 Å². The highest BCUT2D eigenvalue weighted by Gasteiger charge is 2.20. The topological polar surface area (TPSA) is 17.1 Å². The van der Waals surface area contributed by atoms with Crippen molar-refractivity contribution >= 4 is 5.78 Å². The van der Waals surface area contributed by atoms with Gasteiger partial charge in [-0.05, 0) is 23.6 Å². The van der Waals surface area contributed by atoms with Crippen molar-refractivity contribution in [1.29, 1.82) is 0 Å². The summed E-state index contributed by atoms with van der Waals surface area (Å²) in [6, 6.07) is 2.57. The van der Waals surface area contributed by atoms with Gasteiger partial charge in [-0.3, -0.25) is 4.79 Å². The minimum atomic E-state index is -0.826. The number of ketones is 1. The third-order valence-corrected chi connectivity index (χ3v) is 2.33. The van der Waals surface area contributed by atoms with Crippen molar-refractivity contribution in [3.05, 3.63) is 34.9 Å². The Balaban J connectivity index is 2.53. The zero-order chi connectivity index (χ0) is 9.42. The van der Waals surface area contributed by atoms with Crippen molar-refractivity contribution in [2.75, 3.05) is 0 Å². The van der Waals surface area contributed by atoms with Crippen LogP contribution in [0.2, 0.25) is 0 Å². The van der Waals surface area contributed by atoms with Crippen LogP contribution in [0.5, 0.6) is 0 Å². The van der Waals surface area contributed by atoms with Gasteiger partial charge in [-0.2, -0.15) is 0 Å². The first kappa shape index (κ1) is 8.35. The van der Waals surface area contributed by atoms with E-state index in [-0.39, 0.29) is 12.2 Å². The number of rotatable bonds is 0. The van der Waals surface area contributed by atoms with Crippen LogP contribution in [0.25, 0.3) is 0 Å². The first-order valence-corrected chi connectivity index (χ1v) is 4.16. The number of carbonyl (C=O) groups excluding carboxylic acids is 1. The molecular formula is C10H8F2O. The normalized spacial score (nSPS) is 15.7. The Bertz CT molecular complexity index is 371. The lowest BCUT2D eigenvalue weighted by Gasteiger charge is -2.15. The molecule has 1 aliphatic carbocycles. The summed E-state index contributed by atoms with van der Waals surface area (Å²) in [5.41, 5.74) is 1.01. The maximum Gasteiger partial charge on any atom is 0.162 e. The third-order valence-electron chi connectivity index (χ3n) is 2.33. The highest BCUT2D eigenvalue weighted by molar-refractivity contribution is 5.83. The number of halogens is 2. The van der Waals surface area contributed by atoms with Gasteiger partial charge in [0.25, 0.3) is 0 Å². The summed E-state index contributed by atoms with van der Waals surface area (Å²) in [5, 5.41) is 0. The number of carbonyl (C=O) groups is 1. The van der Waals surface area contributed by atoms with Crippen molar-refractivity contribution in [2.45, 2.75) is 19.3 Å². The van der Waals surface area contributed by atoms with E-state index in [2.05, 4.69) is 0 Å². The van der Waals surface area contributed by atoms with E-state index in [0.717, 1.165) is 6.07 Å². The van der Waals surface area contributed by atoms with Crippen molar-refractivity contribution in [2.24, 2.45) is 0 Å². The van der Waals surface area contributed by atoms with Crippen LogP contribution in [-0.4, -0.2) is 5.78 Å². The molecule has 0 aliphatic heterocycles. The fourth-order valence-electron chi connectivity index (χ4n) is 1.63. The molecule has 0 unspecified atom stereocenters. The molecule has 0 spiro atoms. The second kappa shape index (κ2) is 2.91. The fraction of sp³-hybridized carbons (Fsp3) is 0.300. The minimum Gasteiger partial charge on any atom is -0.299 e. The molecule has 0 fully saturated rings. The van der Waals surface area contributed by atoms with Crippen LogP contribution in [0.4, 0.5) is 8.78 Å². The van der Waals surface area contributed by atoms with Gasteiger partial charge >= 0.3 is 0 Å². The van der Waals surface area contributed by atoms with Gasteiger partial charge in [0.1, 0.15) is 5.78 Å². The average Bonchev–Trinajstić information content (AvgIpc) is 2.12. The van der Waals surface area contributed by atoms with E-state index in [1.54, 1.807) is 0 Å². The van der Waals surface area contributed by atoms with Gasteiger partial charge in [-0.25, -0.2) is 8.78 Å². The first-order valence-electron chi connectivity index (χ1n) is 4.16. The summed E-state index contributed by atoms with van der Waals surface area (Å²) >= 11 is 0. The molecule has 0 N–H and O–H groups in total. The smallest absolute Gasteiger partial charge is 0.162 e. The maximum absolute atomic E-state index is 13.1. The molecule has 68 valence electrons. The van der Waals surface area contributed by atoms with Crippen LogP contribution in [0, 0.1) is 11.6 Å². The van der Waals surface area contributed by atoms with Crippen LogP contribution >= 0.6 is 0 Å². The van der Waals surface area contributed by atoms with E-state index in [4.69, 9.17) is 0 Å². The Morgan fingerprint density at radius 3 is 2.69 bits per heavy atom. The molecule has 0 bridgehead atoms. The summed E-state index contributed by atoms with van der Waals surface area (Å²) in [6.45, 7) is 0. The monoisotopic (exact) mass is 182 g/mol. The van der Waals surface area contributed by atoms with Gasteiger partial charge in [-0.15, -0.1) is 0 Å². The Labute approximate surface area is 74.4 Å². The van der Waals surface area contributed by atoms with Gasteiger partial charge in [0.2, 0.25) is 0 Å². The lowest BCUT2D eigenvalue weighted by molar-refractivity contribution is -0.118. The predicted octanol–water partition coefficient (Wildman–Crippen LogP) is 2.02. The standard InChI is InChI=1S/C10H8F2O/c11-9-4-1-6-5-7(13)2-3-8(6)10(9)12/h1,4H,2-3,5H2. The van der Waals surface area contributed by atoms with Crippen LogP contribution in [0.1, 0.15) is 17.5 Å². The zero-order valence-corrected chi connectivity index (χ0v) is 6.94. The Morgan fingerprint density at radius 1 is 1.15 bits per heavy atom. The molecule has 2 rings (SSSR count). The molecule has 3 heteroatoms. The summed E-state index contributed by atoms with van der Waals surface area (Å²) in [7, 11) is 0. The molecule has 0 heterocycles. The van der Waals surface area contributed by atoms with Crippen LogP contribution in [0.3, 0.4) is 0 Å². The van der Waals surface area contributed by atoms with E-state index in [0.29, 0.717) is 24.0 Å². The van der Waals surface area contributed by atoms with E-state index in [1.807, 2.05) is 0 Å². The molecule has 1 aromatic carbocycles. The van der Waals surface area contributed by atoms with Gasteiger partial charge in [-0.1, -0.05) is 6.07 Å². The van der Waals surface area contributed by atoms with Gasteiger partial charge in [0, 0.05) is 12.8 Å². The van der Waals surface area contributed by atoms with Gasteiger partial charge < -0.3 is 0 Å². The van der Waals surface area contributed by atoms with E-state index in [9.17, 15) is 13.6 Å². The third kappa shape index (κ3) is 1.34. The van der Waals surface area contributed by atoms with Crippen molar-refractivity contribution < 1.29 is 13.6 Å². The van der Waals surface area contributed by atoms with E-state index >= 15 is 0 Å². The van der Waals surface area contributed by atoms with Gasteiger partial charge in [0.05, 0.1) is 0 Å². The molecule has 1 aliphatic rings. The Morgan fingerprint density at radius 2 is 1.92 bits per heavy atom. The maximum atomic E-state index is 13.1. The van der Waals surface area contributed by atoms with Gasteiger partial charge in [0.15, 0.2) is 11.6 Å². The second-order valence-corrected chi connectivity index (χ2v) is 3.21. The van der Waals surface area contributed by atoms with Crippen LogP contribution < -0.4 is 0 Å². The summed E-state index contributed by atoms with van der Waals surface area (Å²) in [4.78, 5) is 11.0. The molecule has 0 atom stereocenters. The van der Waals surface area contributed by atoms with Crippen LogP contribution in [-0.2, 0) is 17.6 Å². The molecule has 0 saturated heterocycles. The minimum absolute atomic E-state index is 0.0958. The first-order chi connectivity index (χ1) is 6.18. The Kier molecular flexibility index (Phi) is 1.87. The summed E-state index contributed by atoms with van der Waals surface area (Å²) in [6.07, 6.45) is 0.900. The highest BCUT2D eigenvalue weighted by atomic mass is 19.2. The number of benzene rings is 1. The zero-order valence-electron chi connectivity index (χ0n) is 6.94. The summed E-state index contributed by atoms with van der Waals surface area (Å²) in [5.74, 6) is -1.52. The molecule has 0 saturated carbocycles. The molecule has 1 aromatic rings.